The molecule has 472 valence electrons. The number of halogens is 12. The number of amides is 3. The molecule has 0 atom stereocenters. The third-order valence-electron chi connectivity index (χ3n) is 11.1. The Morgan fingerprint density at radius 1 is 0.541 bits per heavy atom. The van der Waals surface area contributed by atoms with E-state index in [9.17, 15) is 76.7 Å². The van der Waals surface area contributed by atoms with Crippen LogP contribution in [0.5, 0.6) is 0 Å². The summed E-state index contributed by atoms with van der Waals surface area (Å²) in [6.07, 6.45) is -11.5. The standard InChI is InChI=1S/C21H21F6N5O3.C16H13F6N5O.C10H18O5.C6H15N/c1-20(2,3)35-19(34)28-12(6-11-7-14(23)15(24)9-13(11)22)8-17(33)31-4-5-32-16(10-31)29-30-18(32)21(25,26)27;17-10-6-12(19)11(18)4-8(10)3-9(23)5-14(28)26-1-2-27-13(7-26)24-25-15(27)16(20,21)22;1-9(2,3)14-7(11)13-8(12)15-10(4,5)6;1-4-7(5-2)6-3/h7-9H,4-6,10H2,1-3H3,(H,28,34);4-6H,1-3,7,23H2;1-6H3;4-6H2,1-3H3/b12-8-;9-5-;;. The summed E-state index contributed by atoms with van der Waals surface area (Å²) in [5.74, 6) is -11.3. The van der Waals surface area contributed by atoms with E-state index < -0.39 is 112 Å². The Hall–Kier alpha value is -7.93. The summed E-state index contributed by atoms with van der Waals surface area (Å²) in [6.45, 7) is 23.8. The lowest BCUT2D eigenvalue weighted by Crippen LogP contribution is -2.39. The van der Waals surface area contributed by atoms with Crippen molar-refractivity contribution in [1.29, 1.82) is 0 Å². The number of carbonyl (C=O) groups excluding carboxylic acids is 5. The number of aromatic nitrogens is 6. The highest BCUT2D eigenvalue weighted by atomic mass is 19.4. The van der Waals surface area contributed by atoms with Gasteiger partial charge in [-0.3, -0.25) is 14.9 Å². The van der Waals surface area contributed by atoms with Gasteiger partial charge in [0.15, 0.2) is 34.9 Å². The molecule has 2 aromatic carbocycles. The fourth-order valence-corrected chi connectivity index (χ4v) is 7.32. The number of alkyl halides is 6. The van der Waals surface area contributed by atoms with Crippen molar-refractivity contribution in [1.82, 2.24) is 49.5 Å². The van der Waals surface area contributed by atoms with Crippen LogP contribution in [-0.4, -0.2) is 124 Å². The first-order valence-electron chi connectivity index (χ1n) is 25.9. The number of hydrogen-bond acceptors (Lipinski definition) is 15. The van der Waals surface area contributed by atoms with Gasteiger partial charge in [0.2, 0.25) is 23.5 Å². The number of nitrogens with two attached hydrogens (primary N) is 1. The molecule has 32 heteroatoms. The Morgan fingerprint density at radius 3 is 1.26 bits per heavy atom. The van der Waals surface area contributed by atoms with Gasteiger partial charge in [-0.1, -0.05) is 20.8 Å². The van der Waals surface area contributed by atoms with Gasteiger partial charge in [-0.15, -0.1) is 20.4 Å². The monoisotopic (exact) mass is 1230 g/mol. The van der Waals surface area contributed by atoms with Crippen LogP contribution >= 0.6 is 0 Å². The predicted molar refractivity (Wildman–Crippen MR) is 278 cm³/mol. The minimum Gasteiger partial charge on any atom is -0.444 e. The number of hydrogen-bond donors (Lipinski definition) is 2. The van der Waals surface area contributed by atoms with Crippen LogP contribution in [0, 0.1) is 34.9 Å². The number of ether oxygens (including phenoxy) is 4. The van der Waals surface area contributed by atoms with Crippen molar-refractivity contribution in [3.63, 3.8) is 0 Å². The average molecular weight is 1230 g/mol. The van der Waals surface area contributed by atoms with Crippen LogP contribution in [0.4, 0.5) is 67.1 Å². The first-order valence-corrected chi connectivity index (χ1v) is 25.9. The van der Waals surface area contributed by atoms with Crippen LogP contribution < -0.4 is 11.1 Å². The molecule has 0 fully saturated rings. The number of benzene rings is 2. The molecule has 2 aliphatic rings. The number of allylic oxidation sites excluding steroid dienone is 2. The third-order valence-corrected chi connectivity index (χ3v) is 11.1. The molecule has 3 N–H and O–H groups in total. The lowest BCUT2D eigenvalue weighted by Gasteiger charge is -2.27. The molecule has 2 aromatic heterocycles. The highest BCUT2D eigenvalue weighted by molar-refractivity contribution is 5.89. The molecule has 20 nitrogen and oxygen atoms in total. The fraction of sp³-hybridized carbons (Fsp3) is 0.528. The van der Waals surface area contributed by atoms with Crippen molar-refractivity contribution in [3.8, 4) is 0 Å². The Balaban J connectivity index is 0.000000336. The van der Waals surface area contributed by atoms with Gasteiger partial charge in [0.25, 0.3) is 0 Å². The van der Waals surface area contributed by atoms with E-state index in [4.69, 9.17) is 19.9 Å². The zero-order chi connectivity index (χ0) is 64.7. The lowest BCUT2D eigenvalue weighted by molar-refractivity contribution is -0.149. The van der Waals surface area contributed by atoms with Crippen molar-refractivity contribution < 1.29 is 95.6 Å². The molecule has 4 heterocycles. The second-order valence-electron chi connectivity index (χ2n) is 21.4. The number of alkyl carbamates (subject to hydrolysis) is 1. The van der Waals surface area contributed by atoms with Gasteiger partial charge in [-0.05, 0) is 105 Å². The highest BCUT2D eigenvalue weighted by Crippen LogP contribution is 2.31. The molecule has 6 rings (SSSR count). The molecule has 0 bridgehead atoms. The van der Waals surface area contributed by atoms with Crippen LogP contribution in [0.3, 0.4) is 0 Å². The summed E-state index contributed by atoms with van der Waals surface area (Å²) in [4.78, 5) is 64.1. The van der Waals surface area contributed by atoms with E-state index >= 15 is 0 Å². The molecule has 0 radical (unpaired) electrons. The number of nitrogens with zero attached hydrogens (tertiary/aromatic N) is 9. The van der Waals surface area contributed by atoms with E-state index in [1.54, 1.807) is 62.3 Å². The van der Waals surface area contributed by atoms with Gasteiger partial charge >= 0.3 is 30.8 Å². The summed E-state index contributed by atoms with van der Waals surface area (Å²) in [6, 6.07) is 1.92. The van der Waals surface area contributed by atoms with E-state index in [1.807, 2.05) is 0 Å². The Bertz CT molecular complexity index is 3020. The molecule has 0 unspecified atom stereocenters. The molecule has 4 aromatic rings. The summed E-state index contributed by atoms with van der Waals surface area (Å²) < 4.78 is 179. The van der Waals surface area contributed by atoms with E-state index in [0.717, 1.165) is 26.2 Å². The Labute approximate surface area is 481 Å². The third kappa shape index (κ3) is 23.6. The van der Waals surface area contributed by atoms with Gasteiger partial charge in [0, 0.05) is 74.7 Å². The van der Waals surface area contributed by atoms with Gasteiger partial charge in [-0.2, -0.15) is 26.3 Å². The normalized spacial score (nSPS) is 13.8. The minimum absolute atomic E-state index is 0.0365. The maximum Gasteiger partial charge on any atom is 0.519 e. The quantitative estimate of drug-likeness (QED) is 0.0376. The number of rotatable bonds is 10. The van der Waals surface area contributed by atoms with Gasteiger partial charge in [-0.25, -0.2) is 40.7 Å². The van der Waals surface area contributed by atoms with E-state index in [2.05, 4.69) is 56.1 Å². The number of carbonyl (C=O) groups is 5. The van der Waals surface area contributed by atoms with Gasteiger partial charge < -0.3 is 48.5 Å². The molecule has 0 saturated heterocycles. The topological polar surface area (TPSA) is 231 Å². The second kappa shape index (κ2) is 29.7. The smallest absolute Gasteiger partial charge is 0.444 e. The first kappa shape index (κ1) is 71.3. The highest BCUT2D eigenvalue weighted by Gasteiger charge is 2.41. The zero-order valence-electron chi connectivity index (χ0n) is 48.6. The maximum atomic E-state index is 14.2. The molecule has 2 aliphatic heterocycles. The second-order valence-corrected chi connectivity index (χ2v) is 21.4. The Kier molecular flexibility index (Phi) is 25.0. The zero-order valence-corrected chi connectivity index (χ0v) is 48.6. The van der Waals surface area contributed by atoms with Crippen molar-refractivity contribution in [2.24, 2.45) is 5.73 Å². The molecule has 3 amide bonds. The first-order chi connectivity index (χ1) is 39.0. The molecular weight excluding hydrogens is 1160 g/mol. The van der Waals surface area contributed by atoms with E-state index in [0.29, 0.717) is 24.3 Å². The lowest BCUT2D eigenvalue weighted by atomic mass is 10.1. The molecular formula is C53H67F12N11O9. The van der Waals surface area contributed by atoms with Gasteiger partial charge in [0.05, 0.1) is 13.1 Å². The fourth-order valence-electron chi connectivity index (χ4n) is 7.32. The van der Waals surface area contributed by atoms with Crippen LogP contribution in [0.15, 0.2) is 47.8 Å². The number of fused-ring (bicyclic) bond motifs is 2. The predicted octanol–water partition coefficient (Wildman–Crippen LogP) is 10.1. The van der Waals surface area contributed by atoms with E-state index in [-0.39, 0.29) is 79.9 Å². The van der Waals surface area contributed by atoms with Crippen molar-refractivity contribution >= 4 is 30.2 Å². The molecule has 85 heavy (non-hydrogen) atoms. The molecule has 0 aliphatic carbocycles. The summed E-state index contributed by atoms with van der Waals surface area (Å²) in [7, 11) is 0. The summed E-state index contributed by atoms with van der Waals surface area (Å²) in [5, 5.41) is 15.5. The van der Waals surface area contributed by atoms with Crippen molar-refractivity contribution in [2.45, 2.75) is 151 Å². The SMILES string of the molecule is CC(C)(C)OC(=O)N/C(=C\C(=O)N1CCn2c(nnc2C(F)(F)F)C1)Cc1cc(F)c(F)cc1F.CC(C)(C)OC(=O)OC(=O)OC(C)(C)C.CCN(CC)CC.N/C(=C\C(=O)N1CCn2c(nnc2C(F)(F)F)C1)Cc1cc(F)c(F)cc1F. The van der Waals surface area contributed by atoms with Crippen LogP contribution in [0.1, 0.15) is 118 Å². The largest absolute Gasteiger partial charge is 0.519 e. The maximum absolute atomic E-state index is 14.2. The number of nitrogens with one attached hydrogen (secondary N) is 1. The molecule has 0 saturated carbocycles. The van der Waals surface area contributed by atoms with Gasteiger partial charge in [0.1, 0.15) is 28.4 Å². The van der Waals surface area contributed by atoms with Crippen molar-refractivity contribution in [2.75, 3.05) is 32.7 Å². The van der Waals surface area contributed by atoms with Crippen LogP contribution in [0.25, 0.3) is 0 Å². The average Bonchev–Trinajstić information content (AvgIpc) is 2.53. The summed E-state index contributed by atoms with van der Waals surface area (Å²) >= 11 is 0. The van der Waals surface area contributed by atoms with E-state index in [1.165, 1.54) is 24.5 Å². The van der Waals surface area contributed by atoms with Crippen LogP contribution in [-0.2, 0) is 79.9 Å². The molecule has 0 spiro atoms. The van der Waals surface area contributed by atoms with Crippen LogP contribution in [0.2, 0.25) is 0 Å². The van der Waals surface area contributed by atoms with Crippen molar-refractivity contribution in [3.05, 3.63) is 117 Å². The Morgan fingerprint density at radius 2 is 0.906 bits per heavy atom. The summed E-state index contributed by atoms with van der Waals surface area (Å²) in [5.41, 5.74) is 2.43. The minimum atomic E-state index is -4.71.